The molecule has 3 rings (SSSR count). The maximum Gasteiger partial charge on any atom is 0.150 e. The Hall–Kier alpha value is -1.64. The fraction of sp³-hybridized carbons (Fsp3) is 0.500. The molecule has 2 unspecified atom stereocenters. The van der Waals surface area contributed by atoms with Crippen LogP contribution in [0.5, 0.6) is 5.75 Å². The summed E-state index contributed by atoms with van der Waals surface area (Å²) in [6.07, 6.45) is 3.22. The van der Waals surface area contributed by atoms with Crippen LogP contribution in [0.15, 0.2) is 18.2 Å². The summed E-state index contributed by atoms with van der Waals surface area (Å²) in [5.41, 5.74) is 1.72. The van der Waals surface area contributed by atoms with Crippen molar-refractivity contribution in [3.63, 3.8) is 0 Å². The monoisotopic (exact) mass is 258 g/mol. The Morgan fingerprint density at radius 3 is 2.37 bits per heavy atom. The number of aryl methyl sites for hydroxylation is 1. The van der Waals surface area contributed by atoms with E-state index in [1.54, 1.807) is 12.1 Å². The first-order valence-corrected chi connectivity index (χ1v) is 7.01. The van der Waals surface area contributed by atoms with Gasteiger partial charge in [0.1, 0.15) is 11.7 Å². The summed E-state index contributed by atoms with van der Waals surface area (Å²) in [7, 11) is 0. The smallest absolute Gasteiger partial charge is 0.150 e. The number of carbonyl (C=O) groups is 2. The summed E-state index contributed by atoms with van der Waals surface area (Å²) in [6.45, 7) is 2.00. The number of phenols is 1. The van der Waals surface area contributed by atoms with Crippen LogP contribution in [0.3, 0.4) is 0 Å². The fourth-order valence-corrected chi connectivity index (χ4v) is 3.59. The third-order valence-corrected chi connectivity index (χ3v) is 4.63. The summed E-state index contributed by atoms with van der Waals surface area (Å²) < 4.78 is 0. The van der Waals surface area contributed by atoms with Crippen LogP contribution in [0.25, 0.3) is 0 Å². The van der Waals surface area contributed by atoms with E-state index in [2.05, 4.69) is 0 Å². The molecule has 2 aliphatic carbocycles. The molecule has 0 heterocycles. The van der Waals surface area contributed by atoms with Gasteiger partial charge < -0.3 is 5.11 Å². The molecular weight excluding hydrogens is 240 g/mol. The Labute approximate surface area is 112 Å². The number of hydrogen-bond acceptors (Lipinski definition) is 3. The van der Waals surface area contributed by atoms with E-state index in [-0.39, 0.29) is 29.2 Å². The summed E-state index contributed by atoms with van der Waals surface area (Å²) in [4.78, 5) is 24.9. The molecule has 1 aromatic rings. The van der Waals surface area contributed by atoms with Gasteiger partial charge in [-0.05, 0) is 48.9 Å². The zero-order chi connectivity index (χ0) is 13.6. The minimum Gasteiger partial charge on any atom is -0.508 e. The van der Waals surface area contributed by atoms with E-state index in [0.717, 1.165) is 36.8 Å². The molecule has 0 radical (unpaired) electrons. The summed E-state index contributed by atoms with van der Waals surface area (Å²) in [6, 6.07) is 5.04. The quantitative estimate of drug-likeness (QED) is 0.830. The third kappa shape index (κ3) is 1.88. The van der Waals surface area contributed by atoms with Crippen LogP contribution >= 0.6 is 0 Å². The van der Waals surface area contributed by atoms with Crippen molar-refractivity contribution in [3.8, 4) is 5.75 Å². The van der Waals surface area contributed by atoms with Gasteiger partial charge in [0.15, 0.2) is 11.6 Å². The molecular formula is C16H18O3. The highest BCUT2D eigenvalue weighted by molar-refractivity contribution is 6.12. The van der Waals surface area contributed by atoms with Gasteiger partial charge in [-0.1, -0.05) is 13.0 Å². The Kier molecular flexibility index (Phi) is 2.92. The second-order valence-electron chi connectivity index (χ2n) is 5.68. The number of rotatable bonds is 2. The second kappa shape index (κ2) is 4.48. The van der Waals surface area contributed by atoms with E-state index in [4.69, 9.17) is 0 Å². The highest BCUT2D eigenvalue weighted by Gasteiger charge is 2.47. The fourth-order valence-electron chi connectivity index (χ4n) is 3.59. The van der Waals surface area contributed by atoms with Gasteiger partial charge in [0.25, 0.3) is 0 Å². The molecule has 2 bridgehead atoms. The number of Topliss-reactive ketones (excluding diaryl/α,β-unsaturated/α-hetero) is 2. The Morgan fingerprint density at radius 2 is 1.79 bits per heavy atom. The number of carbonyl (C=O) groups excluding carboxylic acids is 2. The van der Waals surface area contributed by atoms with Gasteiger partial charge >= 0.3 is 0 Å². The first-order chi connectivity index (χ1) is 9.11. The first-order valence-electron chi connectivity index (χ1n) is 7.01. The van der Waals surface area contributed by atoms with E-state index < -0.39 is 5.92 Å². The van der Waals surface area contributed by atoms with Gasteiger partial charge in [0, 0.05) is 11.8 Å². The maximum absolute atomic E-state index is 12.5. The molecule has 2 aliphatic rings. The van der Waals surface area contributed by atoms with Crippen LogP contribution in [-0.2, 0) is 16.0 Å². The molecule has 2 fully saturated rings. The molecule has 2 saturated carbocycles. The molecule has 3 nitrogen and oxygen atoms in total. The molecule has 100 valence electrons. The van der Waals surface area contributed by atoms with Crippen molar-refractivity contribution in [1.29, 1.82) is 0 Å². The van der Waals surface area contributed by atoms with Gasteiger partial charge in [-0.3, -0.25) is 9.59 Å². The SMILES string of the molecule is CCc1ccc(O)cc1C1C(=O)C2CCC(C2)C1=O. The van der Waals surface area contributed by atoms with E-state index >= 15 is 0 Å². The Balaban J connectivity index is 2.08. The summed E-state index contributed by atoms with van der Waals surface area (Å²) in [5.74, 6) is -0.253. The van der Waals surface area contributed by atoms with E-state index in [0.29, 0.717) is 0 Å². The highest BCUT2D eigenvalue weighted by atomic mass is 16.3. The molecule has 0 amide bonds. The number of ketones is 2. The molecule has 19 heavy (non-hydrogen) atoms. The third-order valence-electron chi connectivity index (χ3n) is 4.63. The predicted molar refractivity (Wildman–Crippen MR) is 71.1 cm³/mol. The minimum absolute atomic E-state index is 0.0553. The molecule has 3 heteroatoms. The average Bonchev–Trinajstić information content (AvgIpc) is 2.84. The van der Waals surface area contributed by atoms with Gasteiger partial charge in [-0.25, -0.2) is 0 Å². The van der Waals surface area contributed by atoms with E-state index in [9.17, 15) is 14.7 Å². The molecule has 0 spiro atoms. The lowest BCUT2D eigenvalue weighted by atomic mass is 9.74. The van der Waals surface area contributed by atoms with Crippen molar-refractivity contribution in [3.05, 3.63) is 29.3 Å². The maximum atomic E-state index is 12.5. The lowest BCUT2D eigenvalue weighted by molar-refractivity contribution is -0.135. The van der Waals surface area contributed by atoms with Crippen molar-refractivity contribution >= 4 is 11.6 Å². The topological polar surface area (TPSA) is 54.4 Å². The van der Waals surface area contributed by atoms with Crippen molar-refractivity contribution in [1.82, 2.24) is 0 Å². The van der Waals surface area contributed by atoms with Crippen LogP contribution in [0, 0.1) is 11.8 Å². The van der Waals surface area contributed by atoms with Gasteiger partial charge in [0.05, 0.1) is 0 Å². The zero-order valence-electron chi connectivity index (χ0n) is 11.1. The number of phenolic OH excluding ortho intramolecular Hbond substituents is 1. The van der Waals surface area contributed by atoms with Crippen LogP contribution in [0.2, 0.25) is 0 Å². The largest absolute Gasteiger partial charge is 0.508 e. The van der Waals surface area contributed by atoms with Gasteiger partial charge in [-0.15, -0.1) is 0 Å². The number of fused-ring (bicyclic) bond motifs is 2. The van der Waals surface area contributed by atoms with Crippen molar-refractivity contribution in [2.75, 3.05) is 0 Å². The Morgan fingerprint density at radius 1 is 1.16 bits per heavy atom. The summed E-state index contributed by atoms with van der Waals surface area (Å²) >= 11 is 0. The van der Waals surface area contributed by atoms with E-state index in [1.807, 2.05) is 13.0 Å². The number of aromatic hydroxyl groups is 1. The molecule has 2 atom stereocenters. The van der Waals surface area contributed by atoms with Gasteiger partial charge in [0.2, 0.25) is 0 Å². The van der Waals surface area contributed by atoms with Crippen LogP contribution in [0.1, 0.15) is 43.2 Å². The molecule has 0 aliphatic heterocycles. The standard InChI is InChI=1S/C16H18O3/c1-2-9-5-6-12(17)8-13(9)14-15(18)10-3-4-11(7-10)16(14)19/h5-6,8,10-11,14,17H,2-4,7H2,1H3. The predicted octanol–water partition coefficient (Wildman–Crippen LogP) is 2.61. The van der Waals surface area contributed by atoms with E-state index in [1.165, 1.54) is 0 Å². The van der Waals surface area contributed by atoms with Gasteiger partial charge in [-0.2, -0.15) is 0 Å². The number of hydrogen-bond donors (Lipinski definition) is 1. The van der Waals surface area contributed by atoms with Crippen LogP contribution in [0.4, 0.5) is 0 Å². The number of benzene rings is 1. The summed E-state index contributed by atoms with van der Waals surface area (Å²) in [5, 5.41) is 9.66. The normalized spacial score (nSPS) is 29.8. The zero-order valence-corrected chi connectivity index (χ0v) is 11.1. The first kappa shape index (κ1) is 12.4. The minimum atomic E-state index is -0.631. The van der Waals surface area contributed by atoms with Crippen molar-refractivity contribution in [2.45, 2.75) is 38.5 Å². The Bertz CT molecular complexity index is 525. The van der Waals surface area contributed by atoms with Crippen LogP contribution < -0.4 is 0 Å². The lowest BCUT2D eigenvalue weighted by Gasteiger charge is -2.27. The average molecular weight is 258 g/mol. The van der Waals surface area contributed by atoms with Crippen molar-refractivity contribution in [2.24, 2.45) is 11.8 Å². The van der Waals surface area contributed by atoms with Crippen LogP contribution in [-0.4, -0.2) is 16.7 Å². The second-order valence-corrected chi connectivity index (χ2v) is 5.68. The highest BCUT2D eigenvalue weighted by Crippen LogP contribution is 2.44. The lowest BCUT2D eigenvalue weighted by Crippen LogP contribution is -2.35. The molecule has 1 aromatic carbocycles. The molecule has 1 N–H and O–H groups in total. The molecule has 0 aromatic heterocycles. The van der Waals surface area contributed by atoms with Crippen molar-refractivity contribution < 1.29 is 14.7 Å². The molecule has 0 saturated heterocycles.